The van der Waals surface area contributed by atoms with E-state index in [4.69, 9.17) is 9.47 Å². The first-order valence-corrected chi connectivity index (χ1v) is 12.4. The molecule has 0 heterocycles. The molecule has 0 atom stereocenters. The van der Waals surface area contributed by atoms with Gasteiger partial charge in [0.2, 0.25) is 0 Å². The topological polar surface area (TPSA) is 72.9 Å². The Morgan fingerprint density at radius 1 is 0.718 bits per heavy atom. The van der Waals surface area contributed by atoms with E-state index in [1.807, 2.05) is 66.7 Å². The first kappa shape index (κ1) is 26.8. The van der Waals surface area contributed by atoms with E-state index in [-0.39, 0.29) is 18.2 Å². The second-order valence-electron chi connectivity index (χ2n) is 8.43. The molecule has 4 aromatic rings. The lowest BCUT2D eigenvalue weighted by atomic mass is 10.1. The summed E-state index contributed by atoms with van der Waals surface area (Å²) in [6, 6.07) is 31.4. The van der Waals surface area contributed by atoms with Crippen LogP contribution in [0.1, 0.15) is 29.3 Å². The molecule has 0 N–H and O–H groups in total. The molecular weight excluding hydrogens is 490 g/mol. The van der Waals surface area contributed by atoms with Gasteiger partial charge in [0.05, 0.1) is 0 Å². The number of allylic oxidation sites excluding steroid dienone is 1. The highest BCUT2D eigenvalue weighted by Gasteiger charge is 2.13. The van der Waals surface area contributed by atoms with Crippen molar-refractivity contribution >= 4 is 40.9 Å². The number of carbonyl (C=O) groups excluding carboxylic acids is 3. The van der Waals surface area contributed by atoms with Crippen LogP contribution in [0.3, 0.4) is 0 Å². The third kappa shape index (κ3) is 7.17. The molecule has 0 radical (unpaired) electrons. The summed E-state index contributed by atoms with van der Waals surface area (Å²) < 4.78 is 10.4. The van der Waals surface area contributed by atoms with Crippen LogP contribution in [-0.2, 0) is 9.59 Å². The highest BCUT2D eigenvalue weighted by molar-refractivity contribution is 6.06. The van der Waals surface area contributed by atoms with Gasteiger partial charge in [0.15, 0.2) is 5.78 Å². The van der Waals surface area contributed by atoms with Crippen molar-refractivity contribution in [1.82, 2.24) is 0 Å². The Bertz CT molecular complexity index is 1470. The van der Waals surface area contributed by atoms with Gasteiger partial charge in [0.1, 0.15) is 11.5 Å². The smallest absolute Gasteiger partial charge is 0.335 e. The predicted octanol–water partition coefficient (Wildman–Crippen LogP) is 7.46. The zero-order valence-electron chi connectivity index (χ0n) is 21.4. The van der Waals surface area contributed by atoms with Crippen molar-refractivity contribution in [3.8, 4) is 11.5 Å². The summed E-state index contributed by atoms with van der Waals surface area (Å²) in [5.74, 6) is -0.157. The van der Waals surface area contributed by atoms with Crippen LogP contribution in [-0.4, -0.2) is 17.7 Å². The van der Waals surface area contributed by atoms with Gasteiger partial charge in [0.25, 0.3) is 0 Å². The first-order chi connectivity index (χ1) is 19.0. The zero-order chi connectivity index (χ0) is 27.6. The molecule has 4 rings (SSSR count). The SMILES string of the molecule is C=CC(=O)Oc1ccc(N(c2ccccc2)c2ccc(C=CC(=O)c3ccc(OC(=O)CC)cc3)cc2)cc1. The zero-order valence-corrected chi connectivity index (χ0v) is 21.4. The fraction of sp³-hybridized carbons (Fsp3) is 0.0606. The average Bonchev–Trinajstić information content (AvgIpc) is 2.98. The molecule has 6 nitrogen and oxygen atoms in total. The van der Waals surface area contributed by atoms with Crippen molar-refractivity contribution in [2.75, 3.05) is 4.90 Å². The number of ether oxygens (including phenoxy) is 2. The Morgan fingerprint density at radius 3 is 1.85 bits per heavy atom. The minimum atomic E-state index is -0.515. The molecule has 0 bridgehead atoms. The van der Waals surface area contributed by atoms with Gasteiger partial charge in [-0.15, -0.1) is 0 Å². The molecule has 39 heavy (non-hydrogen) atoms. The Morgan fingerprint density at radius 2 is 1.26 bits per heavy atom. The molecule has 0 aliphatic rings. The minimum absolute atomic E-state index is 0.157. The average molecular weight is 518 g/mol. The van der Waals surface area contributed by atoms with E-state index in [2.05, 4.69) is 11.5 Å². The summed E-state index contributed by atoms with van der Waals surface area (Å²) in [5.41, 5.74) is 4.11. The molecule has 0 saturated carbocycles. The molecule has 0 amide bonds. The Hall–Kier alpha value is -5.23. The predicted molar refractivity (Wildman–Crippen MR) is 153 cm³/mol. The third-order valence-corrected chi connectivity index (χ3v) is 5.73. The van der Waals surface area contributed by atoms with Gasteiger partial charge >= 0.3 is 11.9 Å². The molecule has 194 valence electrons. The van der Waals surface area contributed by atoms with Crippen LogP contribution in [0, 0.1) is 0 Å². The minimum Gasteiger partial charge on any atom is -0.427 e. The molecule has 0 fully saturated rings. The van der Waals surface area contributed by atoms with E-state index >= 15 is 0 Å². The van der Waals surface area contributed by atoms with Gasteiger partial charge in [0, 0.05) is 35.1 Å². The summed E-state index contributed by atoms with van der Waals surface area (Å²) in [6.07, 6.45) is 4.67. The number of esters is 2. The molecule has 4 aromatic carbocycles. The van der Waals surface area contributed by atoms with Gasteiger partial charge in [-0.05, 0) is 84.4 Å². The molecule has 0 aromatic heterocycles. The summed E-state index contributed by atoms with van der Waals surface area (Å²) in [6.45, 7) is 5.14. The maximum absolute atomic E-state index is 12.6. The van der Waals surface area contributed by atoms with E-state index in [0.29, 0.717) is 17.1 Å². The van der Waals surface area contributed by atoms with Crippen LogP contribution >= 0.6 is 0 Å². The fourth-order valence-corrected chi connectivity index (χ4v) is 3.74. The molecule has 0 aliphatic carbocycles. The number of anilines is 3. The Balaban J connectivity index is 1.51. The summed E-state index contributed by atoms with van der Waals surface area (Å²) in [4.78, 5) is 37.6. The molecule has 0 spiro atoms. The van der Waals surface area contributed by atoms with E-state index in [1.165, 1.54) is 6.08 Å². The van der Waals surface area contributed by atoms with Crippen molar-refractivity contribution in [3.63, 3.8) is 0 Å². The van der Waals surface area contributed by atoms with Crippen LogP contribution in [0.4, 0.5) is 17.1 Å². The number of para-hydroxylation sites is 1. The summed E-state index contributed by atoms with van der Waals surface area (Å²) >= 11 is 0. The molecule has 0 unspecified atom stereocenters. The summed E-state index contributed by atoms with van der Waals surface area (Å²) in [5, 5.41) is 0. The first-order valence-electron chi connectivity index (χ1n) is 12.4. The molecule has 0 saturated heterocycles. The molecule has 6 heteroatoms. The van der Waals surface area contributed by atoms with Crippen molar-refractivity contribution in [1.29, 1.82) is 0 Å². The number of carbonyl (C=O) groups is 3. The molecule has 0 aliphatic heterocycles. The van der Waals surface area contributed by atoms with Crippen LogP contribution in [0.5, 0.6) is 11.5 Å². The Kier molecular flexibility index (Phi) is 8.83. The summed E-state index contributed by atoms with van der Waals surface area (Å²) in [7, 11) is 0. The Labute approximate surface area is 227 Å². The standard InChI is InChI=1S/C33H27NO5/c1-3-32(36)38-29-19-13-25(14-20-29)31(35)23-12-24-10-15-27(16-11-24)34(26-8-6-5-7-9-26)28-17-21-30(22-18-28)39-33(37)4-2/h4-23H,2-3H2,1H3. The largest absolute Gasteiger partial charge is 0.427 e. The van der Waals surface area contributed by atoms with Crippen LogP contribution in [0.2, 0.25) is 0 Å². The van der Waals surface area contributed by atoms with Crippen molar-refractivity contribution in [3.05, 3.63) is 133 Å². The lowest BCUT2D eigenvalue weighted by Crippen LogP contribution is -2.10. The molecular formula is C33H27NO5. The van der Waals surface area contributed by atoms with Crippen molar-refractivity contribution in [2.24, 2.45) is 0 Å². The van der Waals surface area contributed by atoms with E-state index < -0.39 is 5.97 Å². The quantitative estimate of drug-likeness (QED) is 0.0941. The van der Waals surface area contributed by atoms with Gasteiger partial charge in [-0.3, -0.25) is 9.59 Å². The number of ketones is 1. The van der Waals surface area contributed by atoms with E-state index in [9.17, 15) is 14.4 Å². The normalized spacial score (nSPS) is 10.6. The highest BCUT2D eigenvalue weighted by atomic mass is 16.5. The van der Waals surface area contributed by atoms with Gasteiger partial charge < -0.3 is 14.4 Å². The van der Waals surface area contributed by atoms with Crippen LogP contribution < -0.4 is 14.4 Å². The lowest BCUT2D eigenvalue weighted by Gasteiger charge is -2.25. The lowest BCUT2D eigenvalue weighted by molar-refractivity contribution is -0.134. The maximum Gasteiger partial charge on any atom is 0.335 e. The number of rotatable bonds is 10. The number of hydrogen-bond acceptors (Lipinski definition) is 6. The highest BCUT2D eigenvalue weighted by Crippen LogP contribution is 2.35. The van der Waals surface area contributed by atoms with Crippen LogP contribution in [0.15, 0.2) is 122 Å². The number of nitrogens with zero attached hydrogens (tertiary/aromatic N) is 1. The van der Waals surface area contributed by atoms with E-state index in [0.717, 1.165) is 28.7 Å². The number of benzene rings is 4. The van der Waals surface area contributed by atoms with Crippen LogP contribution in [0.25, 0.3) is 6.08 Å². The van der Waals surface area contributed by atoms with Gasteiger partial charge in [-0.25, -0.2) is 4.79 Å². The van der Waals surface area contributed by atoms with Gasteiger partial charge in [-0.1, -0.05) is 49.9 Å². The maximum atomic E-state index is 12.6. The third-order valence-electron chi connectivity index (χ3n) is 5.73. The van der Waals surface area contributed by atoms with E-state index in [1.54, 1.807) is 49.4 Å². The van der Waals surface area contributed by atoms with Gasteiger partial charge in [-0.2, -0.15) is 0 Å². The second-order valence-corrected chi connectivity index (χ2v) is 8.43. The monoisotopic (exact) mass is 517 g/mol. The fourth-order valence-electron chi connectivity index (χ4n) is 3.74. The van der Waals surface area contributed by atoms with Crippen molar-refractivity contribution < 1.29 is 23.9 Å². The number of hydrogen-bond donors (Lipinski definition) is 0. The second kappa shape index (κ2) is 12.8. The van der Waals surface area contributed by atoms with Crippen molar-refractivity contribution in [2.45, 2.75) is 13.3 Å².